The Morgan fingerprint density at radius 2 is 1.92 bits per heavy atom. The lowest BCUT2D eigenvalue weighted by molar-refractivity contribution is -0.124. The quantitative estimate of drug-likeness (QED) is 0.795. The van der Waals surface area contributed by atoms with Gasteiger partial charge in [-0.1, -0.05) is 26.0 Å². The molecule has 0 fully saturated rings. The van der Waals surface area contributed by atoms with Crippen LogP contribution in [0.15, 0.2) is 24.3 Å². The van der Waals surface area contributed by atoms with E-state index < -0.39 is 5.54 Å². The Morgan fingerprint density at radius 3 is 2.38 bits per heavy atom. The minimum atomic E-state index is -0.836. The molecule has 0 aliphatic carbocycles. The van der Waals surface area contributed by atoms with Crippen LogP contribution >= 0.6 is 0 Å². The van der Waals surface area contributed by atoms with Gasteiger partial charge in [0, 0.05) is 6.04 Å². The summed E-state index contributed by atoms with van der Waals surface area (Å²) >= 11 is 0. The fraction of sp³-hybridized carbons (Fsp3) is 0.579. The molecule has 1 N–H and O–H groups in total. The van der Waals surface area contributed by atoms with Crippen LogP contribution in [0, 0.1) is 17.2 Å². The van der Waals surface area contributed by atoms with Crippen LogP contribution in [0.25, 0.3) is 0 Å². The van der Waals surface area contributed by atoms with Crippen LogP contribution < -0.4 is 10.1 Å². The molecule has 0 radical (unpaired) electrons. The smallest absolute Gasteiger partial charge is 0.235 e. The first kappa shape index (κ1) is 20.0. The average Bonchev–Trinajstić information content (AvgIpc) is 2.54. The van der Waals surface area contributed by atoms with Crippen LogP contribution in [0.1, 0.15) is 33.3 Å². The molecule has 0 spiro atoms. The van der Waals surface area contributed by atoms with Crippen LogP contribution in [-0.2, 0) is 11.2 Å². The maximum atomic E-state index is 12.3. The molecule has 132 valence electrons. The topological polar surface area (TPSA) is 65.4 Å². The second-order valence-electron chi connectivity index (χ2n) is 6.83. The van der Waals surface area contributed by atoms with Gasteiger partial charge in [0.25, 0.3) is 0 Å². The highest BCUT2D eigenvalue weighted by atomic mass is 16.5. The van der Waals surface area contributed by atoms with Crippen molar-refractivity contribution in [2.24, 2.45) is 5.92 Å². The fourth-order valence-electron chi connectivity index (χ4n) is 2.27. The molecule has 5 heteroatoms. The van der Waals surface area contributed by atoms with E-state index in [0.29, 0.717) is 0 Å². The van der Waals surface area contributed by atoms with Gasteiger partial charge >= 0.3 is 0 Å². The minimum absolute atomic E-state index is 0.0495. The van der Waals surface area contributed by atoms with Crippen LogP contribution in [0.2, 0.25) is 0 Å². The molecule has 2 atom stereocenters. The zero-order chi connectivity index (χ0) is 18.3. The van der Waals surface area contributed by atoms with Crippen molar-refractivity contribution in [2.45, 2.75) is 45.7 Å². The van der Waals surface area contributed by atoms with Gasteiger partial charge in [-0.3, -0.25) is 9.69 Å². The Balaban J connectivity index is 2.58. The summed E-state index contributed by atoms with van der Waals surface area (Å²) < 4.78 is 5.16. The van der Waals surface area contributed by atoms with Crippen molar-refractivity contribution in [3.8, 4) is 11.8 Å². The van der Waals surface area contributed by atoms with Crippen LogP contribution in [-0.4, -0.2) is 43.1 Å². The van der Waals surface area contributed by atoms with Crippen molar-refractivity contribution in [1.29, 1.82) is 5.26 Å². The summed E-state index contributed by atoms with van der Waals surface area (Å²) in [7, 11) is 3.57. The molecule has 1 rings (SSSR count). The first-order valence-corrected chi connectivity index (χ1v) is 8.27. The van der Waals surface area contributed by atoms with Gasteiger partial charge in [0.1, 0.15) is 11.3 Å². The Morgan fingerprint density at radius 1 is 1.33 bits per heavy atom. The van der Waals surface area contributed by atoms with Gasteiger partial charge in [0.2, 0.25) is 5.91 Å². The molecule has 0 unspecified atom stereocenters. The van der Waals surface area contributed by atoms with Gasteiger partial charge in [0.05, 0.1) is 19.7 Å². The molecule has 0 saturated carbocycles. The zero-order valence-electron chi connectivity index (χ0n) is 15.6. The van der Waals surface area contributed by atoms with Crippen molar-refractivity contribution in [3.05, 3.63) is 29.8 Å². The van der Waals surface area contributed by atoms with Gasteiger partial charge < -0.3 is 10.1 Å². The summed E-state index contributed by atoms with van der Waals surface area (Å²) in [6.45, 7) is 7.97. The van der Waals surface area contributed by atoms with Crippen molar-refractivity contribution < 1.29 is 9.53 Å². The number of nitrogens with zero attached hydrogens (tertiary/aromatic N) is 2. The molecular weight excluding hydrogens is 302 g/mol. The van der Waals surface area contributed by atoms with E-state index in [1.165, 1.54) is 5.56 Å². The second kappa shape index (κ2) is 8.70. The molecule has 0 aliphatic rings. The molecule has 24 heavy (non-hydrogen) atoms. The third-order valence-electron chi connectivity index (χ3n) is 4.62. The van der Waals surface area contributed by atoms with Crippen LogP contribution in [0.3, 0.4) is 0 Å². The summed E-state index contributed by atoms with van der Waals surface area (Å²) in [5.74, 6) is 0.758. The lowest BCUT2D eigenvalue weighted by Crippen LogP contribution is -2.52. The van der Waals surface area contributed by atoms with E-state index in [1.54, 1.807) is 14.0 Å². The minimum Gasteiger partial charge on any atom is -0.497 e. The Hall–Kier alpha value is -2.06. The number of nitrogens with one attached hydrogen (secondary N) is 1. The third kappa shape index (κ3) is 5.54. The lowest BCUT2D eigenvalue weighted by Gasteiger charge is -2.30. The molecule has 0 aromatic heterocycles. The number of hydrogen-bond acceptors (Lipinski definition) is 4. The predicted octanol–water partition coefficient (Wildman–Crippen LogP) is 2.61. The van der Waals surface area contributed by atoms with E-state index in [2.05, 4.69) is 18.3 Å². The first-order valence-electron chi connectivity index (χ1n) is 8.27. The highest BCUT2D eigenvalue weighted by Gasteiger charge is 2.30. The summed E-state index contributed by atoms with van der Waals surface area (Å²) in [5, 5.41) is 12.1. The zero-order valence-corrected chi connectivity index (χ0v) is 15.6. The molecule has 0 aliphatic heterocycles. The molecule has 5 nitrogen and oxygen atoms in total. The molecule has 0 heterocycles. The van der Waals surface area contributed by atoms with Gasteiger partial charge in [-0.05, 0) is 50.9 Å². The number of rotatable bonds is 8. The highest BCUT2D eigenvalue weighted by molar-refractivity contribution is 5.79. The van der Waals surface area contributed by atoms with Gasteiger partial charge in [-0.15, -0.1) is 0 Å². The number of likely N-dealkylation sites (N-methyl/N-ethyl adjacent to an activating group) is 1. The van der Waals surface area contributed by atoms with E-state index in [0.717, 1.165) is 12.2 Å². The predicted molar refractivity (Wildman–Crippen MR) is 95.8 cm³/mol. The largest absolute Gasteiger partial charge is 0.497 e. The van der Waals surface area contributed by atoms with E-state index in [-0.39, 0.29) is 24.4 Å². The normalized spacial score (nSPS) is 14.8. The van der Waals surface area contributed by atoms with Gasteiger partial charge in [-0.2, -0.15) is 5.26 Å². The Labute approximate surface area is 145 Å². The van der Waals surface area contributed by atoms with E-state index in [9.17, 15) is 10.1 Å². The number of nitriles is 1. The van der Waals surface area contributed by atoms with Crippen molar-refractivity contribution in [2.75, 3.05) is 20.7 Å². The third-order valence-corrected chi connectivity index (χ3v) is 4.62. The number of ether oxygens (including phenoxy) is 1. The van der Waals surface area contributed by atoms with Crippen molar-refractivity contribution in [1.82, 2.24) is 10.2 Å². The number of carbonyl (C=O) groups is 1. The molecular formula is C19H29N3O2. The SMILES string of the molecule is COc1ccc(C[C@H](C)N(C)CC(=O)N[C@](C)(C#N)C(C)C)cc1. The molecule has 0 saturated heterocycles. The second-order valence-corrected chi connectivity index (χ2v) is 6.83. The Kier molecular flexibility index (Phi) is 7.24. The van der Waals surface area contributed by atoms with E-state index in [4.69, 9.17) is 4.74 Å². The lowest BCUT2D eigenvalue weighted by atomic mass is 9.90. The first-order chi connectivity index (χ1) is 11.2. The van der Waals surface area contributed by atoms with E-state index in [1.807, 2.05) is 50.1 Å². The number of carbonyl (C=O) groups excluding carboxylic acids is 1. The van der Waals surface area contributed by atoms with E-state index >= 15 is 0 Å². The number of methoxy groups -OCH3 is 1. The van der Waals surface area contributed by atoms with Gasteiger partial charge in [-0.25, -0.2) is 0 Å². The monoisotopic (exact) mass is 331 g/mol. The number of benzene rings is 1. The number of amides is 1. The molecule has 1 aromatic carbocycles. The van der Waals surface area contributed by atoms with Crippen molar-refractivity contribution >= 4 is 5.91 Å². The molecule has 1 aromatic rings. The van der Waals surface area contributed by atoms with Crippen LogP contribution in [0.5, 0.6) is 5.75 Å². The average molecular weight is 331 g/mol. The summed E-state index contributed by atoms with van der Waals surface area (Å²) in [5.41, 5.74) is 0.358. The maximum absolute atomic E-state index is 12.3. The molecule has 1 amide bonds. The number of hydrogen-bond donors (Lipinski definition) is 1. The summed E-state index contributed by atoms with van der Waals surface area (Å²) in [6, 6.07) is 10.4. The maximum Gasteiger partial charge on any atom is 0.235 e. The highest BCUT2D eigenvalue weighted by Crippen LogP contribution is 2.16. The van der Waals surface area contributed by atoms with Gasteiger partial charge in [0.15, 0.2) is 0 Å². The molecule has 0 bridgehead atoms. The summed E-state index contributed by atoms with van der Waals surface area (Å²) in [6.07, 6.45) is 0.841. The fourth-order valence-corrected chi connectivity index (χ4v) is 2.27. The standard InChI is InChI=1S/C19H29N3O2/c1-14(2)19(4,13-20)21-18(23)12-22(5)15(3)11-16-7-9-17(24-6)10-8-16/h7-10,14-15H,11-12H2,1-6H3,(H,21,23)/t15-,19+/m0/s1. The Bertz CT molecular complexity index is 577. The van der Waals surface area contributed by atoms with Crippen molar-refractivity contribution in [3.63, 3.8) is 0 Å². The van der Waals surface area contributed by atoms with Crippen LogP contribution in [0.4, 0.5) is 0 Å². The summed E-state index contributed by atoms with van der Waals surface area (Å²) in [4.78, 5) is 14.3.